The van der Waals surface area contributed by atoms with E-state index in [1.807, 2.05) is 0 Å². The molecule has 17 heavy (non-hydrogen) atoms. The lowest BCUT2D eigenvalue weighted by molar-refractivity contribution is 0.0647. The summed E-state index contributed by atoms with van der Waals surface area (Å²) in [6.45, 7) is 0. The van der Waals surface area contributed by atoms with Crippen LogP contribution in [0.5, 0.6) is 0 Å². The number of alkyl halides is 2. The molecule has 0 aliphatic heterocycles. The minimum absolute atomic E-state index is 0.196. The highest BCUT2D eigenvalue weighted by Gasteiger charge is 2.27. The molecule has 0 amide bonds. The van der Waals surface area contributed by atoms with Crippen LogP contribution in [0.15, 0.2) is 16.7 Å². The number of nitrogens with zero attached hydrogens (tertiary/aromatic N) is 3. The third-order valence-corrected chi connectivity index (χ3v) is 1.99. The summed E-state index contributed by atoms with van der Waals surface area (Å²) in [7, 11) is 1.62. The van der Waals surface area contributed by atoms with Gasteiger partial charge in [-0.05, 0) is 6.07 Å². The standard InChI is InChI=1S/C9H7F2N3O3/c1-14-3-2-4(13-14)8-12-5(7(10)11)6(17-8)9(15)16/h2-3,7H,1H3,(H,15,16). The van der Waals surface area contributed by atoms with E-state index in [2.05, 4.69) is 10.1 Å². The van der Waals surface area contributed by atoms with Crippen LogP contribution in [0.1, 0.15) is 22.7 Å². The Hall–Kier alpha value is -2.25. The van der Waals surface area contributed by atoms with Crippen LogP contribution in [0.25, 0.3) is 11.6 Å². The molecule has 2 aromatic rings. The molecule has 2 rings (SSSR count). The van der Waals surface area contributed by atoms with Gasteiger partial charge in [0.2, 0.25) is 11.7 Å². The Morgan fingerprint density at radius 2 is 2.29 bits per heavy atom. The maximum absolute atomic E-state index is 12.5. The molecule has 0 radical (unpaired) electrons. The molecule has 1 N–H and O–H groups in total. The first kappa shape index (κ1) is 11.2. The molecule has 2 aromatic heterocycles. The summed E-state index contributed by atoms with van der Waals surface area (Å²) in [5.41, 5.74) is -0.694. The quantitative estimate of drug-likeness (QED) is 0.887. The second-order valence-corrected chi connectivity index (χ2v) is 3.21. The highest BCUT2D eigenvalue weighted by atomic mass is 19.3. The molecule has 0 atom stereocenters. The molecule has 0 saturated heterocycles. The van der Waals surface area contributed by atoms with Crippen molar-refractivity contribution in [2.24, 2.45) is 7.05 Å². The Kier molecular flexibility index (Phi) is 2.62. The third-order valence-electron chi connectivity index (χ3n) is 1.99. The van der Waals surface area contributed by atoms with Gasteiger partial charge in [0, 0.05) is 13.2 Å². The average molecular weight is 243 g/mol. The van der Waals surface area contributed by atoms with Crippen molar-refractivity contribution in [2.75, 3.05) is 0 Å². The van der Waals surface area contributed by atoms with E-state index in [4.69, 9.17) is 9.52 Å². The van der Waals surface area contributed by atoms with Crippen molar-refractivity contribution in [1.82, 2.24) is 14.8 Å². The predicted molar refractivity (Wildman–Crippen MR) is 50.6 cm³/mol. The van der Waals surface area contributed by atoms with Crippen LogP contribution in [0, 0.1) is 0 Å². The first-order chi connectivity index (χ1) is 7.99. The number of aromatic carboxylic acids is 1. The van der Waals surface area contributed by atoms with E-state index in [0.717, 1.165) is 0 Å². The summed E-state index contributed by atoms with van der Waals surface area (Å²) in [4.78, 5) is 14.1. The van der Waals surface area contributed by atoms with Crippen LogP contribution in [0.2, 0.25) is 0 Å². The zero-order valence-corrected chi connectivity index (χ0v) is 8.59. The largest absolute Gasteiger partial charge is 0.475 e. The second kappa shape index (κ2) is 3.96. The number of aromatic nitrogens is 3. The molecule has 6 nitrogen and oxygen atoms in total. The van der Waals surface area contributed by atoms with Gasteiger partial charge in [-0.2, -0.15) is 5.10 Å². The van der Waals surface area contributed by atoms with Gasteiger partial charge in [0.25, 0.3) is 6.43 Å². The van der Waals surface area contributed by atoms with Gasteiger partial charge in [-0.1, -0.05) is 0 Å². The van der Waals surface area contributed by atoms with Crippen molar-refractivity contribution in [3.63, 3.8) is 0 Å². The molecule has 0 aliphatic rings. The Labute approximate surface area is 93.5 Å². The van der Waals surface area contributed by atoms with Gasteiger partial charge in [-0.15, -0.1) is 0 Å². The van der Waals surface area contributed by atoms with Gasteiger partial charge in [0.05, 0.1) is 0 Å². The van der Waals surface area contributed by atoms with Gasteiger partial charge in [-0.25, -0.2) is 18.6 Å². The van der Waals surface area contributed by atoms with Crippen LogP contribution >= 0.6 is 0 Å². The van der Waals surface area contributed by atoms with E-state index in [1.54, 1.807) is 13.2 Å². The summed E-state index contributed by atoms with van der Waals surface area (Å²) in [6.07, 6.45) is -1.45. The minimum Gasteiger partial charge on any atom is -0.475 e. The Morgan fingerprint density at radius 3 is 2.71 bits per heavy atom. The minimum atomic E-state index is -3.01. The molecule has 0 aliphatic carbocycles. The number of carboxylic acids is 1. The van der Waals surface area contributed by atoms with Crippen molar-refractivity contribution in [3.05, 3.63) is 23.7 Å². The van der Waals surface area contributed by atoms with Crippen molar-refractivity contribution < 1.29 is 23.1 Å². The van der Waals surface area contributed by atoms with Crippen molar-refractivity contribution in [1.29, 1.82) is 0 Å². The van der Waals surface area contributed by atoms with Gasteiger partial charge in [0.1, 0.15) is 5.69 Å². The lowest BCUT2D eigenvalue weighted by Crippen LogP contribution is -1.99. The fraction of sp³-hybridized carbons (Fsp3) is 0.222. The summed E-state index contributed by atoms with van der Waals surface area (Å²) >= 11 is 0. The second-order valence-electron chi connectivity index (χ2n) is 3.21. The Balaban J connectivity index is 2.50. The number of halogens is 2. The van der Waals surface area contributed by atoms with Gasteiger partial charge in [0.15, 0.2) is 5.69 Å². The number of oxazole rings is 1. The van der Waals surface area contributed by atoms with Crippen molar-refractivity contribution >= 4 is 5.97 Å². The maximum Gasteiger partial charge on any atom is 0.374 e. The van der Waals surface area contributed by atoms with Crippen LogP contribution in [-0.2, 0) is 7.05 Å². The zero-order chi connectivity index (χ0) is 12.6. The molecule has 0 aromatic carbocycles. The Bertz CT molecular complexity index is 562. The topological polar surface area (TPSA) is 81.2 Å². The fourth-order valence-corrected chi connectivity index (χ4v) is 1.27. The highest BCUT2D eigenvalue weighted by molar-refractivity contribution is 5.86. The fourth-order valence-electron chi connectivity index (χ4n) is 1.27. The smallest absolute Gasteiger partial charge is 0.374 e. The molecule has 0 saturated carbocycles. The van der Waals surface area contributed by atoms with E-state index in [1.165, 1.54) is 10.7 Å². The number of hydrogen-bond donors (Lipinski definition) is 1. The van der Waals surface area contributed by atoms with Crippen LogP contribution in [0.4, 0.5) is 8.78 Å². The van der Waals surface area contributed by atoms with E-state index in [0.29, 0.717) is 0 Å². The molecule has 90 valence electrons. The lowest BCUT2D eigenvalue weighted by Gasteiger charge is -1.91. The monoisotopic (exact) mass is 243 g/mol. The number of carboxylic acid groups (broad SMARTS) is 1. The molecule has 0 spiro atoms. The Morgan fingerprint density at radius 1 is 1.59 bits per heavy atom. The summed E-state index contributed by atoms with van der Waals surface area (Å²) in [5, 5.41) is 12.6. The highest BCUT2D eigenvalue weighted by Crippen LogP contribution is 2.27. The van der Waals surface area contributed by atoms with Gasteiger partial charge >= 0.3 is 5.97 Å². The van der Waals surface area contributed by atoms with Gasteiger partial charge in [-0.3, -0.25) is 4.68 Å². The van der Waals surface area contributed by atoms with Crippen LogP contribution < -0.4 is 0 Å². The van der Waals surface area contributed by atoms with E-state index in [9.17, 15) is 13.6 Å². The molecular formula is C9H7F2N3O3. The zero-order valence-electron chi connectivity index (χ0n) is 8.59. The normalized spacial score (nSPS) is 11.1. The van der Waals surface area contributed by atoms with Crippen LogP contribution in [0.3, 0.4) is 0 Å². The first-order valence-electron chi connectivity index (χ1n) is 4.51. The van der Waals surface area contributed by atoms with Crippen LogP contribution in [-0.4, -0.2) is 25.8 Å². The number of hydrogen-bond acceptors (Lipinski definition) is 4. The average Bonchev–Trinajstić information content (AvgIpc) is 2.82. The van der Waals surface area contributed by atoms with Crippen molar-refractivity contribution in [2.45, 2.75) is 6.43 Å². The summed E-state index contributed by atoms with van der Waals surface area (Å²) < 4.78 is 31.2. The number of aryl methyl sites for hydroxylation is 1. The third kappa shape index (κ3) is 2.01. The molecule has 0 fully saturated rings. The lowest BCUT2D eigenvalue weighted by atomic mass is 10.3. The molecular weight excluding hydrogens is 236 g/mol. The van der Waals surface area contributed by atoms with Gasteiger partial charge < -0.3 is 9.52 Å². The predicted octanol–water partition coefficient (Wildman–Crippen LogP) is 1.71. The number of rotatable bonds is 3. The van der Waals surface area contributed by atoms with E-state index >= 15 is 0 Å². The molecule has 8 heteroatoms. The van der Waals surface area contributed by atoms with E-state index < -0.39 is 23.8 Å². The molecule has 2 heterocycles. The molecule has 0 unspecified atom stereocenters. The summed E-state index contributed by atoms with van der Waals surface area (Å²) in [6, 6.07) is 1.48. The van der Waals surface area contributed by atoms with Crippen molar-refractivity contribution in [3.8, 4) is 11.6 Å². The van der Waals surface area contributed by atoms with E-state index in [-0.39, 0.29) is 11.6 Å². The maximum atomic E-state index is 12.5. The summed E-state index contributed by atoms with van der Waals surface area (Å²) in [5.74, 6) is -2.69. The first-order valence-corrected chi connectivity index (χ1v) is 4.51. The number of carbonyl (C=O) groups is 1. The SMILES string of the molecule is Cn1ccc(-c2nc(C(F)F)c(C(=O)O)o2)n1. The molecule has 0 bridgehead atoms.